The van der Waals surface area contributed by atoms with Crippen molar-refractivity contribution in [2.24, 2.45) is 0 Å². The molecule has 0 saturated carbocycles. The third kappa shape index (κ3) is 5.74. The molecule has 0 rings (SSSR count). The first kappa shape index (κ1) is 16.7. The van der Waals surface area contributed by atoms with E-state index < -0.39 is 53.0 Å². The van der Waals surface area contributed by atoms with Crippen molar-refractivity contribution in [3.8, 4) is 0 Å². The Hall–Kier alpha value is -0.270. The van der Waals surface area contributed by atoms with E-state index in [1.165, 1.54) is 6.92 Å². The minimum absolute atomic E-state index is 0.460. The van der Waals surface area contributed by atoms with Crippen molar-refractivity contribution in [1.29, 1.82) is 0 Å². The van der Waals surface area contributed by atoms with Crippen LogP contribution in [0.15, 0.2) is 0 Å². The summed E-state index contributed by atoms with van der Waals surface area (Å²) in [4.78, 5) is 0. The minimum Gasteiger partial charge on any atom is -0.286 e. The van der Waals surface area contributed by atoms with Gasteiger partial charge in [0.05, 0.1) is 5.75 Å². The Kier molecular flexibility index (Phi) is 5.07. The van der Waals surface area contributed by atoms with Gasteiger partial charge in [-0.2, -0.15) is 25.3 Å². The molecular weight excluding hydrogens is 300 g/mol. The molecule has 0 fully saturated rings. The van der Waals surface area contributed by atoms with Gasteiger partial charge in [-0.1, -0.05) is 6.92 Å². The molecule has 0 aliphatic carbocycles. The molecule has 0 saturated heterocycles. The lowest BCUT2D eigenvalue weighted by atomic mass is 10.2. The average molecular weight is 312 g/mol. The minimum atomic E-state index is -5.07. The average Bonchev–Trinajstić information content (AvgIpc) is 1.96. The summed E-state index contributed by atoms with van der Waals surface area (Å²) in [5.74, 6) is -1.52. The lowest BCUT2D eigenvalue weighted by Gasteiger charge is -2.19. The predicted molar refractivity (Wildman–Crippen MR) is 57.4 cm³/mol. The fourth-order valence-corrected chi connectivity index (χ4v) is 5.55. The highest BCUT2D eigenvalue weighted by molar-refractivity contribution is 7.92. The van der Waals surface area contributed by atoms with E-state index in [1.54, 1.807) is 0 Å². The van der Waals surface area contributed by atoms with Crippen LogP contribution >= 0.6 is 0 Å². The van der Waals surface area contributed by atoms with E-state index >= 15 is 0 Å². The molecule has 0 aromatic rings. The van der Waals surface area contributed by atoms with Crippen molar-refractivity contribution in [2.45, 2.75) is 23.8 Å². The Labute approximate surface area is 99.1 Å². The van der Waals surface area contributed by atoms with Crippen molar-refractivity contribution in [2.75, 3.05) is 5.75 Å². The maximum absolute atomic E-state index is 10.9. The monoisotopic (exact) mass is 312 g/mol. The van der Waals surface area contributed by atoms with E-state index in [1.807, 2.05) is 0 Å². The molecule has 2 unspecified atom stereocenters. The van der Waals surface area contributed by atoms with E-state index in [-0.39, 0.29) is 0 Å². The molecule has 104 valence electrons. The molecule has 0 aromatic heterocycles. The number of rotatable bonds is 6. The van der Waals surface area contributed by atoms with E-state index in [4.69, 9.17) is 13.7 Å². The first-order chi connectivity index (χ1) is 7.29. The standard InChI is InChI=1S/C5H12O9S3/c1-2-4(16(9,10)11)5(17(12,13)14)3-15(6,7)8/h4-5H,2-3H2,1H3,(H,6,7,8)(H,9,10,11)(H,12,13,14). The maximum Gasteiger partial charge on any atom is 0.270 e. The summed E-state index contributed by atoms with van der Waals surface area (Å²) in [6, 6.07) is 0. The highest BCUT2D eigenvalue weighted by Gasteiger charge is 2.41. The molecule has 12 heteroatoms. The Bertz CT molecular complexity index is 554. The maximum atomic E-state index is 10.9. The molecule has 0 aromatic carbocycles. The van der Waals surface area contributed by atoms with Gasteiger partial charge in [-0.25, -0.2) is 0 Å². The molecule has 0 aliphatic heterocycles. The van der Waals surface area contributed by atoms with Gasteiger partial charge in [0.2, 0.25) is 0 Å². The van der Waals surface area contributed by atoms with Gasteiger partial charge in [-0.15, -0.1) is 0 Å². The second-order valence-electron chi connectivity index (χ2n) is 3.26. The topological polar surface area (TPSA) is 163 Å². The first-order valence-electron chi connectivity index (χ1n) is 4.16. The van der Waals surface area contributed by atoms with Crippen LogP contribution in [0.4, 0.5) is 0 Å². The lowest BCUT2D eigenvalue weighted by Crippen LogP contribution is -2.43. The zero-order valence-corrected chi connectivity index (χ0v) is 11.0. The molecule has 17 heavy (non-hydrogen) atoms. The molecule has 0 spiro atoms. The second-order valence-corrected chi connectivity index (χ2v) is 8.03. The molecule has 0 radical (unpaired) electrons. The molecule has 3 N–H and O–H groups in total. The summed E-state index contributed by atoms with van der Waals surface area (Å²) in [6.07, 6.45) is -0.460. The van der Waals surface area contributed by atoms with Crippen LogP contribution in [0.5, 0.6) is 0 Å². The molecule has 0 amide bonds. The zero-order chi connectivity index (χ0) is 14.1. The van der Waals surface area contributed by atoms with Crippen molar-refractivity contribution in [1.82, 2.24) is 0 Å². The van der Waals surface area contributed by atoms with Gasteiger partial charge in [0, 0.05) is 0 Å². The molecule has 0 heterocycles. The summed E-state index contributed by atoms with van der Waals surface area (Å²) in [5.41, 5.74) is 0. The normalized spacial score (nSPS) is 17.6. The molecule has 0 bridgehead atoms. The second kappa shape index (κ2) is 5.16. The first-order valence-corrected chi connectivity index (χ1v) is 8.78. The van der Waals surface area contributed by atoms with Crippen LogP contribution < -0.4 is 0 Å². The van der Waals surface area contributed by atoms with Crippen LogP contribution in [0.25, 0.3) is 0 Å². The van der Waals surface area contributed by atoms with Gasteiger partial charge in [-0.3, -0.25) is 13.7 Å². The zero-order valence-electron chi connectivity index (χ0n) is 8.58. The lowest BCUT2D eigenvalue weighted by molar-refractivity contribution is 0.433. The van der Waals surface area contributed by atoms with Gasteiger partial charge in [0.15, 0.2) is 0 Å². The van der Waals surface area contributed by atoms with Crippen molar-refractivity contribution in [3.05, 3.63) is 0 Å². The molecule has 2 atom stereocenters. The summed E-state index contributed by atoms with van der Waals surface area (Å²) in [5, 5.41) is -4.39. The van der Waals surface area contributed by atoms with E-state index in [9.17, 15) is 25.3 Å². The third-order valence-electron chi connectivity index (χ3n) is 1.96. The van der Waals surface area contributed by atoms with Crippen molar-refractivity contribution >= 4 is 30.4 Å². The number of hydrogen-bond acceptors (Lipinski definition) is 6. The highest BCUT2D eigenvalue weighted by atomic mass is 32.2. The molecule has 9 nitrogen and oxygen atoms in total. The quantitative estimate of drug-likeness (QED) is 0.511. The van der Waals surface area contributed by atoms with Gasteiger partial charge in [0.25, 0.3) is 30.4 Å². The van der Waals surface area contributed by atoms with Crippen LogP contribution in [0.2, 0.25) is 0 Å². The molecule has 0 aliphatic rings. The van der Waals surface area contributed by atoms with Crippen LogP contribution in [0.3, 0.4) is 0 Å². The van der Waals surface area contributed by atoms with E-state index in [0.717, 1.165) is 0 Å². The Balaban J connectivity index is 5.65. The van der Waals surface area contributed by atoms with Gasteiger partial charge in [0.1, 0.15) is 10.5 Å². The largest absolute Gasteiger partial charge is 0.286 e. The SMILES string of the molecule is CCC(C(CS(=O)(=O)O)S(=O)(=O)O)S(=O)(=O)O. The fourth-order valence-electron chi connectivity index (χ4n) is 1.26. The van der Waals surface area contributed by atoms with E-state index in [0.29, 0.717) is 0 Å². The molecular formula is C5H12O9S3. The van der Waals surface area contributed by atoms with Crippen molar-refractivity contribution in [3.63, 3.8) is 0 Å². The van der Waals surface area contributed by atoms with Crippen LogP contribution in [-0.4, -0.2) is 55.2 Å². The predicted octanol–water partition coefficient (Wildman–Crippen LogP) is -1.20. The van der Waals surface area contributed by atoms with Crippen LogP contribution in [0, 0.1) is 0 Å². The van der Waals surface area contributed by atoms with Crippen LogP contribution in [-0.2, 0) is 30.4 Å². The van der Waals surface area contributed by atoms with E-state index in [2.05, 4.69) is 0 Å². The fraction of sp³-hybridized carbons (Fsp3) is 1.00. The third-order valence-corrected chi connectivity index (χ3v) is 5.81. The summed E-state index contributed by atoms with van der Waals surface area (Å²) in [6.45, 7) is 1.17. The van der Waals surface area contributed by atoms with Gasteiger partial charge < -0.3 is 0 Å². The Morgan fingerprint density at radius 1 is 0.824 bits per heavy atom. The Morgan fingerprint density at radius 3 is 1.35 bits per heavy atom. The summed E-state index contributed by atoms with van der Waals surface area (Å²) in [7, 11) is -14.8. The van der Waals surface area contributed by atoms with Crippen LogP contribution in [0.1, 0.15) is 13.3 Å². The Morgan fingerprint density at radius 2 is 1.18 bits per heavy atom. The number of hydrogen-bond donors (Lipinski definition) is 3. The summed E-state index contributed by atoms with van der Waals surface area (Å²) < 4.78 is 90.4. The smallest absolute Gasteiger partial charge is 0.270 e. The van der Waals surface area contributed by atoms with Gasteiger partial charge >= 0.3 is 0 Å². The van der Waals surface area contributed by atoms with Gasteiger partial charge in [-0.05, 0) is 6.42 Å². The summed E-state index contributed by atoms with van der Waals surface area (Å²) >= 11 is 0. The van der Waals surface area contributed by atoms with Crippen molar-refractivity contribution < 1.29 is 38.9 Å². The highest BCUT2D eigenvalue weighted by Crippen LogP contribution is 2.17.